The predicted octanol–water partition coefficient (Wildman–Crippen LogP) is 4.99. The van der Waals surface area contributed by atoms with Gasteiger partial charge in [-0.15, -0.1) is 0 Å². The molecule has 0 aliphatic carbocycles. The van der Waals surface area contributed by atoms with Crippen LogP contribution in [-0.4, -0.2) is 16.7 Å². The monoisotopic (exact) mass is 335 g/mol. The summed E-state index contributed by atoms with van der Waals surface area (Å²) in [6.07, 6.45) is 1.79. The summed E-state index contributed by atoms with van der Waals surface area (Å²) in [7, 11) is 1.87. The van der Waals surface area contributed by atoms with Gasteiger partial charge in [0.2, 0.25) is 0 Å². The molecule has 2 heterocycles. The third-order valence-corrected chi connectivity index (χ3v) is 4.17. The molecule has 0 saturated heterocycles. The molecule has 0 unspecified atom stereocenters. The van der Waals surface area contributed by atoms with Crippen molar-refractivity contribution in [3.8, 4) is 22.4 Å². The van der Waals surface area contributed by atoms with E-state index in [0.29, 0.717) is 0 Å². The minimum absolute atomic E-state index is 0.107. The quantitative estimate of drug-likeness (QED) is 0.572. The number of anilines is 1. The topological polar surface area (TPSA) is 29.3 Å². The van der Waals surface area contributed by atoms with E-state index in [1.807, 2.05) is 43.4 Å². The van der Waals surface area contributed by atoms with E-state index in [1.54, 1.807) is 16.8 Å². The Morgan fingerprint density at radius 2 is 1.60 bits per heavy atom. The van der Waals surface area contributed by atoms with Crippen LogP contribution in [0.2, 0.25) is 0 Å². The molecule has 0 spiro atoms. The molecule has 5 heteroatoms. The lowest BCUT2D eigenvalue weighted by molar-refractivity contribution is 0.588. The van der Waals surface area contributed by atoms with E-state index in [-0.39, 0.29) is 11.3 Å². The number of hydrogen-bond acceptors (Lipinski definition) is 2. The maximum atomic E-state index is 14.0. The number of halogens is 2. The van der Waals surface area contributed by atoms with Crippen molar-refractivity contribution in [2.24, 2.45) is 0 Å². The van der Waals surface area contributed by atoms with Crippen molar-refractivity contribution in [2.45, 2.75) is 0 Å². The van der Waals surface area contributed by atoms with E-state index in [4.69, 9.17) is 0 Å². The van der Waals surface area contributed by atoms with Gasteiger partial charge < -0.3 is 5.32 Å². The summed E-state index contributed by atoms with van der Waals surface area (Å²) in [4.78, 5) is 0. The molecule has 25 heavy (non-hydrogen) atoms. The smallest absolute Gasteiger partial charge is 0.135 e. The summed E-state index contributed by atoms with van der Waals surface area (Å²) in [5, 5.41) is 7.41. The number of hydrogen-bond donors (Lipinski definition) is 1. The molecule has 3 nitrogen and oxygen atoms in total. The zero-order valence-corrected chi connectivity index (χ0v) is 13.5. The van der Waals surface area contributed by atoms with Gasteiger partial charge >= 0.3 is 0 Å². The summed E-state index contributed by atoms with van der Waals surface area (Å²) in [6, 6.07) is 17.4. The van der Waals surface area contributed by atoms with Crippen LogP contribution in [0.5, 0.6) is 0 Å². The van der Waals surface area contributed by atoms with Crippen LogP contribution in [-0.2, 0) is 0 Å². The lowest BCUT2D eigenvalue weighted by Crippen LogP contribution is -1.92. The second-order valence-electron chi connectivity index (χ2n) is 5.74. The highest BCUT2D eigenvalue weighted by Gasteiger charge is 2.14. The molecule has 1 N–H and O–H groups in total. The van der Waals surface area contributed by atoms with E-state index in [9.17, 15) is 8.78 Å². The van der Waals surface area contributed by atoms with Crippen LogP contribution in [0.15, 0.2) is 66.9 Å². The van der Waals surface area contributed by atoms with Crippen molar-refractivity contribution in [3.63, 3.8) is 0 Å². The third kappa shape index (κ3) is 2.74. The van der Waals surface area contributed by atoms with E-state index in [1.165, 1.54) is 18.2 Å². The maximum absolute atomic E-state index is 14.0. The van der Waals surface area contributed by atoms with Gasteiger partial charge in [0, 0.05) is 18.9 Å². The molecular formula is C20H15F2N3. The van der Waals surface area contributed by atoms with Gasteiger partial charge in [-0.2, -0.15) is 5.10 Å². The average molecular weight is 335 g/mol. The Morgan fingerprint density at radius 3 is 2.36 bits per heavy atom. The molecule has 0 amide bonds. The van der Waals surface area contributed by atoms with Crippen molar-refractivity contribution < 1.29 is 8.78 Å². The zero-order valence-electron chi connectivity index (χ0n) is 13.5. The molecular weight excluding hydrogens is 320 g/mol. The summed E-state index contributed by atoms with van der Waals surface area (Å²) >= 11 is 0. The highest BCUT2D eigenvalue weighted by Crippen LogP contribution is 2.28. The summed E-state index contributed by atoms with van der Waals surface area (Å²) in [5.74, 6) is -1.24. The van der Waals surface area contributed by atoms with Crippen LogP contribution in [0.25, 0.3) is 27.9 Å². The maximum Gasteiger partial charge on any atom is 0.135 e. The molecule has 2 aromatic carbocycles. The average Bonchev–Trinajstić information content (AvgIpc) is 3.04. The summed E-state index contributed by atoms with van der Waals surface area (Å²) in [5.41, 5.74) is 4.01. The summed E-state index contributed by atoms with van der Waals surface area (Å²) < 4.78 is 29.6. The largest absolute Gasteiger partial charge is 0.388 e. The molecule has 0 atom stereocenters. The first kappa shape index (κ1) is 15.3. The summed E-state index contributed by atoms with van der Waals surface area (Å²) in [6.45, 7) is 0. The van der Waals surface area contributed by atoms with Crippen molar-refractivity contribution >= 4 is 11.2 Å². The standard InChI is InChI=1S/C20H15F2N3/c1-23-15-5-2-4-13(10-15)14-8-9-25-16(11-14)12-19(24-25)20-17(21)6-3-7-18(20)22/h2-12,23H,1H3. The fourth-order valence-corrected chi connectivity index (χ4v) is 2.89. The Hall–Kier alpha value is -3.21. The number of fused-ring (bicyclic) bond motifs is 1. The first-order chi connectivity index (χ1) is 12.2. The van der Waals surface area contributed by atoms with Crippen molar-refractivity contribution in [1.82, 2.24) is 9.61 Å². The molecule has 0 radical (unpaired) electrons. The number of nitrogens with one attached hydrogen (secondary N) is 1. The highest BCUT2D eigenvalue weighted by molar-refractivity contribution is 5.74. The second-order valence-corrected chi connectivity index (χ2v) is 5.74. The Kier molecular flexibility index (Phi) is 3.69. The molecule has 0 fully saturated rings. The zero-order chi connectivity index (χ0) is 17.4. The number of rotatable bonds is 3. The van der Waals surface area contributed by atoms with Crippen molar-refractivity contribution in [2.75, 3.05) is 12.4 Å². The fourth-order valence-electron chi connectivity index (χ4n) is 2.89. The fraction of sp³-hybridized carbons (Fsp3) is 0.0500. The number of benzene rings is 2. The normalized spacial score (nSPS) is 11.0. The second kappa shape index (κ2) is 6.02. The molecule has 4 aromatic rings. The molecule has 0 aliphatic rings. The highest BCUT2D eigenvalue weighted by atomic mass is 19.1. The Labute approximate surface area is 143 Å². The molecule has 2 aromatic heterocycles. The molecule has 124 valence electrons. The number of pyridine rings is 1. The van der Waals surface area contributed by atoms with Crippen molar-refractivity contribution in [3.05, 3.63) is 78.5 Å². The van der Waals surface area contributed by atoms with Gasteiger partial charge in [0.15, 0.2) is 0 Å². The third-order valence-electron chi connectivity index (χ3n) is 4.17. The minimum Gasteiger partial charge on any atom is -0.388 e. The van der Waals surface area contributed by atoms with Gasteiger partial charge in [-0.25, -0.2) is 13.3 Å². The van der Waals surface area contributed by atoms with E-state index in [0.717, 1.165) is 22.3 Å². The Morgan fingerprint density at radius 1 is 0.880 bits per heavy atom. The van der Waals surface area contributed by atoms with Gasteiger partial charge in [0.25, 0.3) is 0 Å². The molecule has 4 rings (SSSR count). The van der Waals surface area contributed by atoms with Crippen LogP contribution in [0.1, 0.15) is 0 Å². The Balaban J connectivity index is 1.82. The SMILES string of the molecule is CNc1cccc(-c2ccn3nc(-c4c(F)cccc4F)cc3c2)c1. The molecule has 0 bridgehead atoms. The van der Waals surface area contributed by atoms with Crippen molar-refractivity contribution in [1.29, 1.82) is 0 Å². The number of aromatic nitrogens is 2. The van der Waals surface area contributed by atoms with Crippen LogP contribution < -0.4 is 5.32 Å². The van der Waals surface area contributed by atoms with Gasteiger partial charge in [-0.1, -0.05) is 18.2 Å². The molecule has 0 saturated carbocycles. The van der Waals surface area contributed by atoms with Gasteiger partial charge in [-0.3, -0.25) is 0 Å². The predicted molar refractivity (Wildman–Crippen MR) is 95.5 cm³/mol. The first-order valence-corrected chi connectivity index (χ1v) is 7.88. The van der Waals surface area contributed by atoms with Gasteiger partial charge in [0.05, 0.1) is 16.8 Å². The van der Waals surface area contributed by atoms with Crippen LogP contribution >= 0.6 is 0 Å². The van der Waals surface area contributed by atoms with E-state index >= 15 is 0 Å². The van der Waals surface area contributed by atoms with E-state index < -0.39 is 11.6 Å². The van der Waals surface area contributed by atoms with Gasteiger partial charge in [-0.05, 0) is 53.6 Å². The lowest BCUT2D eigenvalue weighted by Gasteiger charge is -2.05. The Bertz CT molecular complexity index is 1050. The van der Waals surface area contributed by atoms with Gasteiger partial charge in [0.1, 0.15) is 11.6 Å². The number of nitrogens with zero attached hydrogens (tertiary/aromatic N) is 2. The molecule has 0 aliphatic heterocycles. The van der Waals surface area contributed by atoms with Crippen LogP contribution in [0, 0.1) is 11.6 Å². The lowest BCUT2D eigenvalue weighted by atomic mass is 10.1. The van der Waals surface area contributed by atoms with Crippen LogP contribution in [0.4, 0.5) is 14.5 Å². The van der Waals surface area contributed by atoms with E-state index in [2.05, 4.69) is 10.4 Å². The van der Waals surface area contributed by atoms with Crippen LogP contribution in [0.3, 0.4) is 0 Å². The minimum atomic E-state index is -0.620. The first-order valence-electron chi connectivity index (χ1n) is 7.88.